The largest absolute Gasteiger partial charge is 0.354 e. The molecule has 2 aliphatic rings. The molecule has 4 heteroatoms. The molecule has 19 heavy (non-hydrogen) atoms. The number of carbonyl (C=O) groups is 1. The summed E-state index contributed by atoms with van der Waals surface area (Å²) < 4.78 is 0. The molecule has 0 aromatic rings. The van der Waals surface area contributed by atoms with Gasteiger partial charge >= 0.3 is 0 Å². The van der Waals surface area contributed by atoms with Gasteiger partial charge in [-0.1, -0.05) is 13.8 Å². The Bertz CT molecular complexity index is 311. The van der Waals surface area contributed by atoms with Gasteiger partial charge in [-0.25, -0.2) is 0 Å². The van der Waals surface area contributed by atoms with Crippen molar-refractivity contribution in [1.82, 2.24) is 15.5 Å². The Morgan fingerprint density at radius 1 is 1.26 bits per heavy atom. The van der Waals surface area contributed by atoms with Crippen LogP contribution in [0.4, 0.5) is 0 Å². The van der Waals surface area contributed by atoms with Crippen LogP contribution in [0.3, 0.4) is 0 Å². The molecule has 0 aliphatic carbocycles. The molecule has 2 N–H and O–H groups in total. The van der Waals surface area contributed by atoms with E-state index in [1.54, 1.807) is 0 Å². The monoisotopic (exact) mass is 267 g/mol. The van der Waals surface area contributed by atoms with Crippen molar-refractivity contribution in [3.8, 4) is 0 Å². The molecule has 1 spiro atoms. The number of likely N-dealkylation sites (tertiary alicyclic amines) is 1. The fourth-order valence-corrected chi connectivity index (χ4v) is 3.28. The molecule has 2 aliphatic heterocycles. The van der Waals surface area contributed by atoms with E-state index in [-0.39, 0.29) is 11.9 Å². The van der Waals surface area contributed by atoms with E-state index >= 15 is 0 Å². The zero-order valence-corrected chi connectivity index (χ0v) is 12.7. The van der Waals surface area contributed by atoms with Crippen molar-refractivity contribution in [2.75, 3.05) is 32.7 Å². The molecule has 2 rings (SSSR count). The van der Waals surface area contributed by atoms with Gasteiger partial charge in [0.05, 0.1) is 6.04 Å². The zero-order valence-electron chi connectivity index (χ0n) is 12.7. The molecular weight excluding hydrogens is 238 g/mol. The predicted molar refractivity (Wildman–Crippen MR) is 78.0 cm³/mol. The smallest absolute Gasteiger partial charge is 0.237 e. The van der Waals surface area contributed by atoms with Crippen LogP contribution in [0, 0.1) is 11.3 Å². The highest BCUT2D eigenvalue weighted by atomic mass is 16.2. The zero-order chi connectivity index (χ0) is 13.9. The van der Waals surface area contributed by atoms with Crippen molar-refractivity contribution >= 4 is 5.91 Å². The maximum Gasteiger partial charge on any atom is 0.237 e. The topological polar surface area (TPSA) is 44.4 Å². The number of carbonyl (C=O) groups excluding carboxylic acids is 1. The first-order valence-electron chi connectivity index (χ1n) is 7.75. The molecule has 0 saturated carbocycles. The number of piperidine rings is 1. The lowest BCUT2D eigenvalue weighted by atomic mass is 9.78. The highest BCUT2D eigenvalue weighted by molar-refractivity contribution is 5.81. The van der Waals surface area contributed by atoms with Gasteiger partial charge in [0.25, 0.3) is 0 Å². The third kappa shape index (κ3) is 3.69. The summed E-state index contributed by atoms with van der Waals surface area (Å²) in [5, 5.41) is 6.49. The normalized spacial score (nSPS) is 24.8. The van der Waals surface area contributed by atoms with Gasteiger partial charge < -0.3 is 10.6 Å². The molecule has 1 atom stereocenters. The third-order valence-electron chi connectivity index (χ3n) is 4.74. The van der Waals surface area contributed by atoms with Crippen molar-refractivity contribution in [3.05, 3.63) is 0 Å². The van der Waals surface area contributed by atoms with Crippen LogP contribution in [-0.2, 0) is 4.79 Å². The summed E-state index contributed by atoms with van der Waals surface area (Å²) in [5.74, 6) is 0.713. The molecule has 1 amide bonds. The minimum absolute atomic E-state index is 0.0213. The Hall–Kier alpha value is -0.610. The van der Waals surface area contributed by atoms with Crippen LogP contribution < -0.4 is 10.6 Å². The molecule has 2 saturated heterocycles. The fraction of sp³-hybridized carbons (Fsp3) is 0.933. The minimum atomic E-state index is 0.0213. The van der Waals surface area contributed by atoms with E-state index in [2.05, 4.69) is 36.3 Å². The second-order valence-electron chi connectivity index (χ2n) is 6.79. The van der Waals surface area contributed by atoms with E-state index in [1.807, 2.05) is 0 Å². The lowest BCUT2D eigenvalue weighted by molar-refractivity contribution is -0.125. The van der Waals surface area contributed by atoms with Gasteiger partial charge in [-0.15, -0.1) is 0 Å². The lowest BCUT2D eigenvalue weighted by Crippen LogP contribution is -2.46. The Morgan fingerprint density at radius 3 is 2.58 bits per heavy atom. The fourth-order valence-electron chi connectivity index (χ4n) is 3.28. The molecule has 2 heterocycles. The summed E-state index contributed by atoms with van der Waals surface area (Å²) in [6, 6.07) is 0.0213. The first-order chi connectivity index (χ1) is 9.02. The first kappa shape index (κ1) is 14.8. The number of nitrogens with zero attached hydrogens (tertiary/aromatic N) is 1. The van der Waals surface area contributed by atoms with Crippen LogP contribution in [0.2, 0.25) is 0 Å². The third-order valence-corrected chi connectivity index (χ3v) is 4.74. The van der Waals surface area contributed by atoms with Crippen LogP contribution in [0.1, 0.15) is 40.0 Å². The van der Waals surface area contributed by atoms with Gasteiger partial charge in [0, 0.05) is 13.1 Å². The van der Waals surface area contributed by atoms with Crippen molar-refractivity contribution in [3.63, 3.8) is 0 Å². The quantitative estimate of drug-likeness (QED) is 0.805. The average molecular weight is 267 g/mol. The van der Waals surface area contributed by atoms with E-state index in [4.69, 9.17) is 0 Å². The Morgan fingerprint density at radius 2 is 1.95 bits per heavy atom. The number of nitrogens with one attached hydrogen (secondary N) is 2. The second kappa shape index (κ2) is 6.23. The van der Waals surface area contributed by atoms with E-state index < -0.39 is 0 Å². The van der Waals surface area contributed by atoms with Crippen molar-refractivity contribution in [2.45, 2.75) is 46.1 Å². The minimum Gasteiger partial charge on any atom is -0.354 e. The number of hydrogen-bond acceptors (Lipinski definition) is 3. The second-order valence-corrected chi connectivity index (χ2v) is 6.79. The van der Waals surface area contributed by atoms with Crippen molar-refractivity contribution < 1.29 is 4.79 Å². The van der Waals surface area contributed by atoms with Gasteiger partial charge in [-0.3, -0.25) is 9.69 Å². The number of hydrogen-bond donors (Lipinski definition) is 2. The van der Waals surface area contributed by atoms with Gasteiger partial charge in [0.1, 0.15) is 0 Å². The average Bonchev–Trinajstić information content (AvgIpc) is 2.79. The first-order valence-corrected chi connectivity index (χ1v) is 7.75. The van der Waals surface area contributed by atoms with Crippen molar-refractivity contribution in [1.29, 1.82) is 0 Å². The molecule has 1 unspecified atom stereocenters. The van der Waals surface area contributed by atoms with E-state index in [1.165, 1.54) is 19.3 Å². The van der Waals surface area contributed by atoms with Crippen LogP contribution >= 0.6 is 0 Å². The molecule has 2 fully saturated rings. The van der Waals surface area contributed by atoms with Crippen LogP contribution in [-0.4, -0.2) is 49.6 Å². The lowest BCUT2D eigenvalue weighted by Gasteiger charge is -2.34. The van der Waals surface area contributed by atoms with Crippen LogP contribution in [0.5, 0.6) is 0 Å². The molecule has 4 nitrogen and oxygen atoms in total. The molecule has 0 aromatic heterocycles. The SMILES string of the molecule is CC(C)CNC(=O)C(C)N1CCC2(CCNCC2)C1. The molecular formula is C15H29N3O. The predicted octanol–water partition coefficient (Wildman–Crippen LogP) is 1.22. The standard InChI is InChI=1S/C15H29N3O/c1-12(2)10-17-14(19)13(3)18-9-6-15(11-18)4-7-16-8-5-15/h12-13,16H,4-11H2,1-3H3,(H,17,19). The van der Waals surface area contributed by atoms with E-state index in [0.717, 1.165) is 32.7 Å². The van der Waals surface area contributed by atoms with E-state index in [0.29, 0.717) is 11.3 Å². The summed E-state index contributed by atoms with van der Waals surface area (Å²) in [5.41, 5.74) is 0.484. The Kier molecular flexibility index (Phi) is 4.85. The molecule has 0 aromatic carbocycles. The molecule has 0 radical (unpaired) electrons. The summed E-state index contributed by atoms with van der Waals surface area (Å²) in [4.78, 5) is 14.5. The van der Waals surface area contributed by atoms with E-state index in [9.17, 15) is 4.79 Å². The summed E-state index contributed by atoms with van der Waals surface area (Å²) in [6.45, 7) is 11.6. The van der Waals surface area contributed by atoms with Gasteiger partial charge in [-0.05, 0) is 57.2 Å². The van der Waals surface area contributed by atoms with Crippen LogP contribution in [0.15, 0.2) is 0 Å². The number of amides is 1. The van der Waals surface area contributed by atoms with Gasteiger partial charge in [-0.2, -0.15) is 0 Å². The van der Waals surface area contributed by atoms with Crippen LogP contribution in [0.25, 0.3) is 0 Å². The maximum atomic E-state index is 12.1. The highest BCUT2D eigenvalue weighted by Gasteiger charge is 2.41. The molecule has 110 valence electrons. The number of rotatable bonds is 4. The highest BCUT2D eigenvalue weighted by Crippen LogP contribution is 2.39. The summed E-state index contributed by atoms with van der Waals surface area (Å²) in [7, 11) is 0. The van der Waals surface area contributed by atoms with Gasteiger partial charge in [0.2, 0.25) is 5.91 Å². The molecule has 0 bridgehead atoms. The Balaban J connectivity index is 1.83. The van der Waals surface area contributed by atoms with Gasteiger partial charge in [0.15, 0.2) is 0 Å². The summed E-state index contributed by atoms with van der Waals surface area (Å²) in [6.07, 6.45) is 3.80. The van der Waals surface area contributed by atoms with Crippen molar-refractivity contribution in [2.24, 2.45) is 11.3 Å². The maximum absolute atomic E-state index is 12.1. The summed E-state index contributed by atoms with van der Waals surface area (Å²) >= 11 is 0. The Labute approximate surface area is 117 Å².